The summed E-state index contributed by atoms with van der Waals surface area (Å²) in [6, 6.07) is 4.63. The summed E-state index contributed by atoms with van der Waals surface area (Å²) in [5, 5.41) is 2.72. The maximum absolute atomic E-state index is 13.6. The first-order valence-electron chi connectivity index (χ1n) is 6.13. The summed E-state index contributed by atoms with van der Waals surface area (Å²) in [4.78, 5) is 8.43. The molecule has 2 rings (SSSR count). The highest BCUT2D eigenvalue weighted by Gasteiger charge is 2.19. The molecule has 6 heteroatoms. The van der Waals surface area contributed by atoms with Gasteiger partial charge in [-0.05, 0) is 12.1 Å². The van der Waals surface area contributed by atoms with E-state index in [0.29, 0.717) is 11.6 Å². The normalized spacial score (nSPS) is 11.4. The van der Waals surface area contributed by atoms with Crippen LogP contribution >= 0.6 is 0 Å². The van der Waals surface area contributed by atoms with Crippen LogP contribution in [0.15, 0.2) is 24.3 Å². The maximum atomic E-state index is 13.6. The minimum Gasteiger partial charge on any atom is -0.384 e. The molecular weight excluding hydrogens is 262 g/mol. The summed E-state index contributed by atoms with van der Waals surface area (Å²) in [5.41, 5.74) is 5.42. The number of nitrogens with one attached hydrogen (secondary N) is 1. The Hall–Kier alpha value is -2.24. The van der Waals surface area contributed by atoms with Crippen LogP contribution < -0.4 is 11.1 Å². The first kappa shape index (κ1) is 14.2. The Bertz CT molecular complexity index is 636. The van der Waals surface area contributed by atoms with Crippen molar-refractivity contribution in [2.24, 2.45) is 0 Å². The number of hydrogen-bond donors (Lipinski definition) is 2. The van der Waals surface area contributed by atoms with Gasteiger partial charge >= 0.3 is 0 Å². The average molecular weight is 278 g/mol. The van der Waals surface area contributed by atoms with Gasteiger partial charge in [0.05, 0.1) is 5.69 Å². The molecule has 0 aliphatic carbocycles. The number of nitrogens with two attached hydrogens (primary N) is 1. The Kier molecular flexibility index (Phi) is 3.57. The molecule has 0 saturated carbocycles. The SMILES string of the molecule is CC(C)(C)c1nc(N)cc(Nc2cc(F)ccc2F)n1. The van der Waals surface area contributed by atoms with Crippen molar-refractivity contribution in [3.05, 3.63) is 41.7 Å². The molecule has 0 fully saturated rings. The van der Waals surface area contributed by atoms with Crippen LogP contribution in [0, 0.1) is 11.6 Å². The quantitative estimate of drug-likeness (QED) is 0.884. The van der Waals surface area contributed by atoms with Crippen LogP contribution in [0.2, 0.25) is 0 Å². The second kappa shape index (κ2) is 5.03. The molecule has 20 heavy (non-hydrogen) atoms. The van der Waals surface area contributed by atoms with Crippen LogP contribution in [0.1, 0.15) is 26.6 Å². The molecule has 1 heterocycles. The molecule has 3 N–H and O–H groups in total. The molecule has 2 aromatic rings. The maximum Gasteiger partial charge on any atom is 0.146 e. The van der Waals surface area contributed by atoms with Crippen molar-refractivity contribution < 1.29 is 8.78 Å². The standard InChI is InChI=1S/C14H16F2N4/c1-14(2,3)13-19-11(17)7-12(20-13)18-10-6-8(15)4-5-9(10)16/h4-7H,1-3H3,(H3,17,18,19,20). The van der Waals surface area contributed by atoms with Gasteiger partial charge in [0.1, 0.15) is 29.1 Å². The summed E-state index contributed by atoms with van der Waals surface area (Å²) in [6.07, 6.45) is 0. The van der Waals surface area contributed by atoms with Gasteiger partial charge in [-0.15, -0.1) is 0 Å². The van der Waals surface area contributed by atoms with Crippen molar-refractivity contribution in [3.8, 4) is 0 Å². The Morgan fingerprint density at radius 2 is 1.80 bits per heavy atom. The third-order valence-electron chi connectivity index (χ3n) is 2.61. The van der Waals surface area contributed by atoms with Crippen LogP contribution in [0.4, 0.5) is 26.1 Å². The zero-order chi connectivity index (χ0) is 14.9. The van der Waals surface area contributed by atoms with Crippen molar-refractivity contribution in [2.45, 2.75) is 26.2 Å². The third-order valence-corrected chi connectivity index (χ3v) is 2.61. The monoisotopic (exact) mass is 278 g/mol. The van der Waals surface area contributed by atoms with Crippen molar-refractivity contribution in [1.82, 2.24) is 9.97 Å². The fraction of sp³-hybridized carbons (Fsp3) is 0.286. The van der Waals surface area contributed by atoms with E-state index < -0.39 is 11.6 Å². The topological polar surface area (TPSA) is 63.8 Å². The van der Waals surface area contributed by atoms with Gasteiger partial charge in [-0.1, -0.05) is 20.8 Å². The highest BCUT2D eigenvalue weighted by Crippen LogP contribution is 2.24. The van der Waals surface area contributed by atoms with E-state index in [9.17, 15) is 8.78 Å². The van der Waals surface area contributed by atoms with E-state index in [1.165, 1.54) is 6.07 Å². The third kappa shape index (κ3) is 3.20. The Balaban J connectivity index is 2.39. The first-order chi connectivity index (χ1) is 9.25. The summed E-state index contributed by atoms with van der Waals surface area (Å²) >= 11 is 0. The van der Waals surface area contributed by atoms with Crippen LogP contribution in [0.25, 0.3) is 0 Å². The summed E-state index contributed by atoms with van der Waals surface area (Å²) in [6.45, 7) is 5.82. The predicted octanol–water partition coefficient (Wildman–Crippen LogP) is 3.38. The summed E-state index contributed by atoms with van der Waals surface area (Å²) < 4.78 is 26.7. The Labute approximate surface area is 116 Å². The smallest absolute Gasteiger partial charge is 0.146 e. The van der Waals surface area contributed by atoms with Crippen molar-refractivity contribution in [2.75, 3.05) is 11.1 Å². The lowest BCUT2D eigenvalue weighted by atomic mass is 9.96. The molecular formula is C14H16F2N4. The van der Waals surface area contributed by atoms with Crippen LogP contribution in [0.3, 0.4) is 0 Å². The van der Waals surface area contributed by atoms with Gasteiger partial charge in [0.15, 0.2) is 0 Å². The molecule has 1 aromatic heterocycles. The van der Waals surface area contributed by atoms with E-state index in [-0.39, 0.29) is 16.9 Å². The van der Waals surface area contributed by atoms with Gasteiger partial charge in [-0.2, -0.15) is 0 Å². The molecule has 106 valence electrons. The highest BCUT2D eigenvalue weighted by molar-refractivity contribution is 5.59. The number of aromatic nitrogens is 2. The number of hydrogen-bond acceptors (Lipinski definition) is 4. The zero-order valence-corrected chi connectivity index (χ0v) is 11.5. The Morgan fingerprint density at radius 1 is 1.10 bits per heavy atom. The molecule has 0 unspecified atom stereocenters. The molecule has 0 aliphatic rings. The summed E-state index contributed by atoms with van der Waals surface area (Å²) in [5.74, 6) is 0.0147. The molecule has 4 nitrogen and oxygen atoms in total. The molecule has 0 spiro atoms. The number of nitrogens with zero attached hydrogens (tertiary/aromatic N) is 2. The summed E-state index contributed by atoms with van der Waals surface area (Å²) in [7, 11) is 0. The van der Waals surface area contributed by atoms with Crippen molar-refractivity contribution in [3.63, 3.8) is 0 Å². The lowest BCUT2D eigenvalue weighted by Gasteiger charge is -2.18. The molecule has 0 bridgehead atoms. The molecule has 0 saturated heterocycles. The zero-order valence-electron chi connectivity index (χ0n) is 11.5. The van der Waals surface area contributed by atoms with Crippen molar-refractivity contribution >= 4 is 17.3 Å². The molecule has 0 atom stereocenters. The number of benzene rings is 1. The van der Waals surface area contributed by atoms with E-state index in [0.717, 1.165) is 18.2 Å². The fourth-order valence-electron chi connectivity index (χ4n) is 1.60. The van der Waals surface area contributed by atoms with E-state index in [2.05, 4.69) is 15.3 Å². The number of rotatable bonds is 2. The average Bonchev–Trinajstić information content (AvgIpc) is 2.32. The van der Waals surface area contributed by atoms with Crippen LogP contribution in [0.5, 0.6) is 0 Å². The lowest BCUT2D eigenvalue weighted by Crippen LogP contribution is -2.17. The lowest BCUT2D eigenvalue weighted by molar-refractivity contribution is 0.547. The van der Waals surface area contributed by atoms with Gasteiger partial charge in [-0.3, -0.25) is 0 Å². The van der Waals surface area contributed by atoms with Gasteiger partial charge in [0.25, 0.3) is 0 Å². The van der Waals surface area contributed by atoms with Crippen molar-refractivity contribution in [1.29, 1.82) is 0 Å². The van der Waals surface area contributed by atoms with Gasteiger partial charge in [0, 0.05) is 17.5 Å². The largest absolute Gasteiger partial charge is 0.384 e. The first-order valence-corrected chi connectivity index (χ1v) is 6.13. The van der Waals surface area contributed by atoms with Crippen LogP contribution in [-0.4, -0.2) is 9.97 Å². The number of nitrogen functional groups attached to an aromatic ring is 1. The Morgan fingerprint density at radius 3 is 2.45 bits per heavy atom. The van der Waals surface area contributed by atoms with Gasteiger partial charge in [0.2, 0.25) is 0 Å². The minimum atomic E-state index is -0.569. The van der Waals surface area contributed by atoms with E-state index in [1.54, 1.807) is 0 Å². The fourth-order valence-corrected chi connectivity index (χ4v) is 1.60. The van der Waals surface area contributed by atoms with E-state index in [1.807, 2.05) is 20.8 Å². The molecule has 0 aliphatic heterocycles. The molecule has 0 amide bonds. The van der Waals surface area contributed by atoms with Crippen LogP contribution in [-0.2, 0) is 5.41 Å². The molecule has 1 aromatic carbocycles. The molecule has 0 radical (unpaired) electrons. The van der Waals surface area contributed by atoms with Gasteiger partial charge in [-0.25, -0.2) is 18.7 Å². The minimum absolute atomic E-state index is 0.00274. The van der Waals surface area contributed by atoms with E-state index in [4.69, 9.17) is 5.73 Å². The second-order valence-electron chi connectivity index (χ2n) is 5.50. The number of halogens is 2. The second-order valence-corrected chi connectivity index (χ2v) is 5.50. The van der Waals surface area contributed by atoms with E-state index >= 15 is 0 Å². The predicted molar refractivity (Wildman–Crippen MR) is 74.8 cm³/mol. The number of anilines is 3. The highest BCUT2D eigenvalue weighted by atomic mass is 19.1. The van der Waals surface area contributed by atoms with Gasteiger partial charge < -0.3 is 11.1 Å².